The third kappa shape index (κ3) is 1.83. The SMILES string of the molecule is CNc1nc2cc(C(=O)OC)c(Cl)cc2s1. The van der Waals surface area contributed by atoms with Gasteiger partial charge in [-0.05, 0) is 12.1 Å². The summed E-state index contributed by atoms with van der Waals surface area (Å²) in [5, 5.41) is 4.11. The molecule has 0 spiro atoms. The fourth-order valence-electron chi connectivity index (χ4n) is 1.32. The number of thiazole rings is 1. The molecule has 0 bridgehead atoms. The summed E-state index contributed by atoms with van der Waals surface area (Å²) < 4.78 is 5.57. The summed E-state index contributed by atoms with van der Waals surface area (Å²) in [5.74, 6) is -0.453. The molecule has 0 atom stereocenters. The molecule has 0 unspecified atom stereocenters. The van der Waals surface area contributed by atoms with Gasteiger partial charge in [-0.1, -0.05) is 22.9 Å². The predicted molar refractivity (Wildman–Crippen MR) is 65.5 cm³/mol. The third-order valence-corrected chi connectivity index (χ3v) is 3.44. The number of carbonyl (C=O) groups is 1. The van der Waals surface area contributed by atoms with Crippen molar-refractivity contribution in [1.82, 2.24) is 4.98 Å². The molecule has 0 aliphatic rings. The minimum Gasteiger partial charge on any atom is -0.465 e. The molecule has 0 amide bonds. The van der Waals surface area contributed by atoms with E-state index in [-0.39, 0.29) is 0 Å². The zero-order valence-corrected chi connectivity index (χ0v) is 10.3. The molecule has 0 fully saturated rings. The number of hydrogen-bond donors (Lipinski definition) is 1. The molecule has 16 heavy (non-hydrogen) atoms. The van der Waals surface area contributed by atoms with Gasteiger partial charge < -0.3 is 10.1 Å². The van der Waals surface area contributed by atoms with Gasteiger partial charge in [0.25, 0.3) is 0 Å². The molecule has 84 valence electrons. The van der Waals surface area contributed by atoms with Gasteiger partial charge in [-0.25, -0.2) is 9.78 Å². The number of carbonyl (C=O) groups excluding carboxylic acids is 1. The maximum Gasteiger partial charge on any atom is 0.339 e. The lowest BCUT2D eigenvalue weighted by Crippen LogP contribution is -2.01. The molecule has 2 aromatic rings. The Kier molecular flexibility index (Phi) is 2.98. The number of rotatable bonds is 2. The van der Waals surface area contributed by atoms with Crippen LogP contribution in [0.5, 0.6) is 0 Å². The third-order valence-electron chi connectivity index (χ3n) is 2.10. The number of nitrogens with zero attached hydrogens (tertiary/aromatic N) is 1. The molecule has 1 N–H and O–H groups in total. The largest absolute Gasteiger partial charge is 0.465 e. The van der Waals surface area contributed by atoms with Gasteiger partial charge in [-0.2, -0.15) is 0 Å². The first-order chi connectivity index (χ1) is 7.65. The van der Waals surface area contributed by atoms with Crippen LogP contribution in [-0.4, -0.2) is 25.1 Å². The van der Waals surface area contributed by atoms with Gasteiger partial charge in [0.2, 0.25) is 0 Å². The van der Waals surface area contributed by atoms with Gasteiger partial charge in [0, 0.05) is 7.05 Å². The maximum atomic E-state index is 11.4. The predicted octanol–water partition coefficient (Wildman–Crippen LogP) is 2.78. The topological polar surface area (TPSA) is 51.2 Å². The van der Waals surface area contributed by atoms with Crippen LogP contribution in [0.15, 0.2) is 12.1 Å². The molecule has 0 aliphatic carbocycles. The molecule has 0 saturated carbocycles. The Hall–Kier alpha value is -1.33. The Labute approximate surface area is 101 Å². The van der Waals surface area contributed by atoms with E-state index in [0.717, 1.165) is 15.3 Å². The number of ether oxygens (including phenoxy) is 1. The molecule has 0 radical (unpaired) electrons. The van der Waals surface area contributed by atoms with Crippen LogP contribution in [0.2, 0.25) is 5.02 Å². The van der Waals surface area contributed by atoms with Gasteiger partial charge in [0.05, 0.1) is 27.9 Å². The summed E-state index contributed by atoms with van der Waals surface area (Å²) in [6.45, 7) is 0. The number of esters is 1. The van der Waals surface area contributed by atoms with E-state index in [4.69, 9.17) is 11.6 Å². The van der Waals surface area contributed by atoms with Crippen LogP contribution < -0.4 is 5.32 Å². The van der Waals surface area contributed by atoms with Crippen molar-refractivity contribution in [3.8, 4) is 0 Å². The van der Waals surface area contributed by atoms with Crippen LogP contribution in [0.1, 0.15) is 10.4 Å². The summed E-state index contributed by atoms with van der Waals surface area (Å²) in [7, 11) is 3.11. The average molecular weight is 257 g/mol. The lowest BCUT2D eigenvalue weighted by Gasteiger charge is -2.01. The minimum absolute atomic E-state index is 0.338. The van der Waals surface area contributed by atoms with Crippen LogP contribution in [0, 0.1) is 0 Å². The van der Waals surface area contributed by atoms with Crippen molar-refractivity contribution < 1.29 is 9.53 Å². The Balaban J connectivity index is 2.60. The molecule has 4 nitrogen and oxygen atoms in total. The molecule has 1 aromatic heterocycles. The molecule has 1 heterocycles. The van der Waals surface area contributed by atoms with Crippen LogP contribution in [0.25, 0.3) is 10.2 Å². The monoisotopic (exact) mass is 256 g/mol. The van der Waals surface area contributed by atoms with Crippen molar-refractivity contribution in [1.29, 1.82) is 0 Å². The van der Waals surface area contributed by atoms with E-state index in [2.05, 4.69) is 15.0 Å². The van der Waals surface area contributed by atoms with Crippen molar-refractivity contribution >= 4 is 44.3 Å². The fourth-order valence-corrected chi connectivity index (χ4v) is 2.47. The summed E-state index contributed by atoms with van der Waals surface area (Å²) in [5.41, 5.74) is 1.07. The van der Waals surface area contributed by atoms with Crippen LogP contribution in [0.3, 0.4) is 0 Å². The smallest absolute Gasteiger partial charge is 0.339 e. The van der Waals surface area contributed by atoms with Crippen molar-refractivity contribution in [2.24, 2.45) is 0 Å². The van der Waals surface area contributed by atoms with Gasteiger partial charge in [0.1, 0.15) is 0 Å². The molecule has 1 aromatic carbocycles. The van der Waals surface area contributed by atoms with Crippen molar-refractivity contribution in [2.45, 2.75) is 0 Å². The first-order valence-corrected chi connectivity index (χ1v) is 5.71. The van der Waals surface area contributed by atoms with E-state index in [1.807, 2.05) is 0 Å². The number of halogens is 1. The number of anilines is 1. The Morgan fingerprint density at radius 1 is 1.56 bits per heavy atom. The normalized spacial score (nSPS) is 10.4. The number of benzene rings is 1. The quantitative estimate of drug-likeness (QED) is 0.840. The second-order valence-corrected chi connectivity index (χ2v) is 4.50. The van der Waals surface area contributed by atoms with Gasteiger partial charge >= 0.3 is 5.97 Å². The number of nitrogens with one attached hydrogen (secondary N) is 1. The molecule has 0 aliphatic heterocycles. The van der Waals surface area contributed by atoms with Gasteiger partial charge in [0.15, 0.2) is 5.13 Å². The summed E-state index contributed by atoms with van der Waals surface area (Å²) in [6, 6.07) is 3.36. The number of hydrogen-bond acceptors (Lipinski definition) is 5. The van der Waals surface area contributed by atoms with E-state index in [1.54, 1.807) is 19.2 Å². The zero-order chi connectivity index (χ0) is 11.7. The number of aromatic nitrogens is 1. The second kappa shape index (κ2) is 4.27. The Morgan fingerprint density at radius 2 is 2.31 bits per heavy atom. The van der Waals surface area contributed by atoms with Crippen LogP contribution >= 0.6 is 22.9 Å². The van der Waals surface area contributed by atoms with E-state index in [1.165, 1.54) is 18.4 Å². The molecule has 6 heteroatoms. The first kappa shape index (κ1) is 11.2. The van der Waals surface area contributed by atoms with E-state index < -0.39 is 5.97 Å². The van der Waals surface area contributed by atoms with E-state index in [9.17, 15) is 4.79 Å². The van der Waals surface area contributed by atoms with Crippen LogP contribution in [-0.2, 0) is 4.74 Å². The summed E-state index contributed by atoms with van der Waals surface area (Å²) in [6.07, 6.45) is 0. The van der Waals surface area contributed by atoms with Gasteiger partial charge in [-0.3, -0.25) is 0 Å². The molecular formula is C10H9ClN2O2S. The van der Waals surface area contributed by atoms with Crippen LogP contribution in [0.4, 0.5) is 5.13 Å². The highest BCUT2D eigenvalue weighted by molar-refractivity contribution is 7.22. The first-order valence-electron chi connectivity index (χ1n) is 4.52. The highest BCUT2D eigenvalue weighted by atomic mass is 35.5. The second-order valence-electron chi connectivity index (χ2n) is 3.06. The van der Waals surface area contributed by atoms with Gasteiger partial charge in [-0.15, -0.1) is 0 Å². The maximum absolute atomic E-state index is 11.4. The number of fused-ring (bicyclic) bond motifs is 1. The molecular weight excluding hydrogens is 248 g/mol. The number of methoxy groups -OCH3 is 1. The average Bonchev–Trinajstić information content (AvgIpc) is 2.68. The lowest BCUT2D eigenvalue weighted by atomic mass is 10.2. The van der Waals surface area contributed by atoms with Crippen molar-refractivity contribution in [3.05, 3.63) is 22.7 Å². The Bertz CT molecular complexity index is 553. The summed E-state index contributed by atoms with van der Waals surface area (Å²) >= 11 is 7.47. The molecule has 0 saturated heterocycles. The lowest BCUT2D eigenvalue weighted by molar-refractivity contribution is 0.0601. The summed E-state index contributed by atoms with van der Waals surface area (Å²) in [4.78, 5) is 15.7. The highest BCUT2D eigenvalue weighted by Gasteiger charge is 2.14. The minimum atomic E-state index is -0.453. The standard InChI is InChI=1S/C10H9ClN2O2S/c1-12-10-13-7-3-5(9(14)15-2)6(11)4-8(7)16-10/h3-4H,1-2H3,(H,12,13). The van der Waals surface area contributed by atoms with E-state index in [0.29, 0.717) is 10.6 Å². The van der Waals surface area contributed by atoms with E-state index >= 15 is 0 Å². The van der Waals surface area contributed by atoms with Crippen molar-refractivity contribution in [2.75, 3.05) is 19.5 Å². The Morgan fingerprint density at radius 3 is 2.94 bits per heavy atom. The fraction of sp³-hybridized carbons (Fsp3) is 0.200. The zero-order valence-electron chi connectivity index (χ0n) is 8.70. The van der Waals surface area contributed by atoms with Crippen molar-refractivity contribution in [3.63, 3.8) is 0 Å². The highest BCUT2D eigenvalue weighted by Crippen LogP contribution is 2.30. The molecule has 2 rings (SSSR count).